The predicted molar refractivity (Wildman–Crippen MR) is 88.5 cm³/mol. The molecule has 5 nitrogen and oxygen atoms in total. The van der Waals surface area contributed by atoms with Gasteiger partial charge in [0, 0.05) is 6.66 Å². The molecule has 2 unspecified atom stereocenters. The third-order valence-electron chi connectivity index (χ3n) is 2.68. The van der Waals surface area contributed by atoms with Gasteiger partial charge in [-0.3, -0.25) is 9.36 Å². The van der Waals surface area contributed by atoms with Gasteiger partial charge in [0.1, 0.15) is 7.14 Å². The first-order valence-electron chi connectivity index (χ1n) is 6.88. The summed E-state index contributed by atoms with van der Waals surface area (Å²) in [5.74, 6) is 0.0976. The topological polar surface area (TPSA) is 83.5 Å². The first-order valence-corrected chi connectivity index (χ1v) is 11.7. The van der Waals surface area contributed by atoms with E-state index >= 15 is 0 Å². The van der Waals surface area contributed by atoms with Crippen LogP contribution in [0.2, 0.25) is 0 Å². The fourth-order valence-electron chi connectivity index (χ4n) is 1.98. The average Bonchev–Trinajstić information content (AvgIpc) is 2.21. The van der Waals surface area contributed by atoms with Crippen LogP contribution in [-0.4, -0.2) is 36.3 Å². The van der Waals surface area contributed by atoms with Gasteiger partial charge in [-0.2, -0.15) is 0 Å². The van der Waals surface area contributed by atoms with Crippen LogP contribution in [0.5, 0.6) is 0 Å². The summed E-state index contributed by atoms with van der Waals surface area (Å²) in [7, 11) is -6.56. The van der Waals surface area contributed by atoms with Gasteiger partial charge in [-0.15, -0.1) is 5.73 Å². The van der Waals surface area contributed by atoms with Gasteiger partial charge in [0.2, 0.25) is 13.3 Å². The Bertz CT molecular complexity index is 499. The Morgan fingerprint density at radius 1 is 1.29 bits per heavy atom. The lowest BCUT2D eigenvalue weighted by atomic mass is 10.1. The molecule has 0 spiro atoms. The molecule has 0 saturated heterocycles. The summed E-state index contributed by atoms with van der Waals surface area (Å²) in [5, 5.41) is 2.42. The Labute approximate surface area is 127 Å². The highest BCUT2D eigenvalue weighted by Gasteiger charge is 2.37. The van der Waals surface area contributed by atoms with Crippen molar-refractivity contribution in [2.45, 2.75) is 39.1 Å². The zero-order valence-electron chi connectivity index (χ0n) is 13.7. The second-order valence-corrected chi connectivity index (χ2v) is 12.4. The van der Waals surface area contributed by atoms with Crippen molar-refractivity contribution in [3.63, 3.8) is 0 Å². The largest absolute Gasteiger partial charge is 0.343 e. The zero-order chi connectivity index (χ0) is 16.8. The van der Waals surface area contributed by atoms with Crippen LogP contribution in [0.1, 0.15) is 33.6 Å². The maximum absolute atomic E-state index is 12.0. The number of rotatable bonds is 7. The molecule has 0 bridgehead atoms. The van der Waals surface area contributed by atoms with Gasteiger partial charge in [0.15, 0.2) is 5.52 Å². The van der Waals surface area contributed by atoms with Crippen LogP contribution in [0, 0.1) is 5.92 Å². The highest BCUT2D eigenvalue weighted by molar-refractivity contribution is 7.78. The van der Waals surface area contributed by atoms with Crippen LogP contribution in [0.4, 0.5) is 0 Å². The van der Waals surface area contributed by atoms with Crippen molar-refractivity contribution in [1.29, 1.82) is 0 Å². The zero-order valence-corrected chi connectivity index (χ0v) is 15.5. The number of nitrogens with one attached hydrogen (secondary N) is 1. The van der Waals surface area contributed by atoms with Crippen LogP contribution < -0.4 is 5.32 Å². The molecule has 0 aromatic heterocycles. The summed E-state index contributed by atoms with van der Waals surface area (Å²) in [4.78, 5) is 21.4. The molecular formula is C14H27NO4P2. The van der Waals surface area contributed by atoms with E-state index in [1.54, 1.807) is 6.08 Å². The van der Waals surface area contributed by atoms with Gasteiger partial charge in [0.05, 0.1) is 6.42 Å². The molecule has 0 fully saturated rings. The maximum atomic E-state index is 12.0. The van der Waals surface area contributed by atoms with Crippen molar-refractivity contribution >= 4 is 20.4 Å². The lowest BCUT2D eigenvalue weighted by molar-refractivity contribution is -0.120. The third-order valence-corrected chi connectivity index (χ3v) is 7.98. The number of carbonyl (C=O) groups is 1. The summed E-state index contributed by atoms with van der Waals surface area (Å²) in [5.41, 5.74) is 2.89. The van der Waals surface area contributed by atoms with Gasteiger partial charge in [-0.1, -0.05) is 13.8 Å². The highest BCUT2D eigenvalue weighted by atomic mass is 31.2. The third kappa shape index (κ3) is 9.11. The molecule has 2 atom stereocenters. The summed E-state index contributed by atoms with van der Waals surface area (Å²) >= 11 is 0. The molecule has 0 rings (SSSR count). The Hall–Kier alpha value is -0.590. The molecule has 0 heterocycles. The van der Waals surface area contributed by atoms with Crippen LogP contribution in [-0.2, 0) is 13.9 Å². The van der Waals surface area contributed by atoms with Gasteiger partial charge >= 0.3 is 0 Å². The van der Waals surface area contributed by atoms with E-state index in [0.717, 1.165) is 18.7 Å². The standard InChI is InChI=1S/C14H27NO4P2/c1-11(2)10-12(3)8-7-9-13(16)15-14(20(4,5)17)21(6,18)19/h7,11,14H,9-10H2,1-6H3,(H,15,16)(H,18,19). The van der Waals surface area contributed by atoms with E-state index < -0.39 is 25.9 Å². The molecule has 0 radical (unpaired) electrons. The summed E-state index contributed by atoms with van der Waals surface area (Å²) in [6.45, 7) is 10.0. The van der Waals surface area contributed by atoms with Gasteiger partial charge in [-0.25, -0.2) is 0 Å². The van der Waals surface area contributed by atoms with E-state index in [4.69, 9.17) is 0 Å². The van der Waals surface area contributed by atoms with Crippen molar-refractivity contribution in [3.05, 3.63) is 17.4 Å². The summed E-state index contributed by atoms with van der Waals surface area (Å²) in [6.07, 6.45) is 2.55. The minimum Gasteiger partial charge on any atom is -0.343 e. The van der Waals surface area contributed by atoms with Crippen molar-refractivity contribution in [1.82, 2.24) is 5.32 Å². The summed E-state index contributed by atoms with van der Waals surface area (Å²) < 4.78 is 23.8. The molecule has 0 aliphatic rings. The Morgan fingerprint density at radius 2 is 1.81 bits per heavy atom. The Morgan fingerprint density at radius 3 is 2.19 bits per heavy atom. The van der Waals surface area contributed by atoms with E-state index in [1.807, 2.05) is 6.92 Å². The molecule has 122 valence electrons. The minimum absolute atomic E-state index is 0.0476. The van der Waals surface area contributed by atoms with E-state index in [-0.39, 0.29) is 6.42 Å². The first-order chi connectivity index (χ1) is 9.34. The molecule has 0 aromatic rings. The lowest BCUT2D eigenvalue weighted by Crippen LogP contribution is -2.33. The van der Waals surface area contributed by atoms with Crippen molar-refractivity contribution in [2.75, 3.05) is 20.0 Å². The molecule has 0 aromatic carbocycles. The Kier molecular flexibility index (Phi) is 7.92. The van der Waals surface area contributed by atoms with Gasteiger partial charge in [-0.05, 0) is 44.2 Å². The minimum atomic E-state index is -3.66. The second-order valence-electron chi connectivity index (χ2n) is 6.25. The molecule has 7 heteroatoms. The van der Waals surface area contributed by atoms with E-state index in [0.29, 0.717) is 5.92 Å². The quantitative estimate of drug-likeness (QED) is 0.551. The van der Waals surface area contributed by atoms with Crippen molar-refractivity contribution < 1.29 is 18.8 Å². The number of hydrogen-bond acceptors (Lipinski definition) is 3. The van der Waals surface area contributed by atoms with Gasteiger partial charge in [0.25, 0.3) is 0 Å². The van der Waals surface area contributed by atoms with Crippen molar-refractivity contribution in [3.8, 4) is 0 Å². The van der Waals surface area contributed by atoms with Gasteiger partial charge < -0.3 is 14.8 Å². The maximum Gasteiger partial charge on any atom is 0.226 e. The lowest BCUT2D eigenvalue weighted by Gasteiger charge is -2.24. The first kappa shape index (κ1) is 20.4. The fourth-order valence-corrected chi connectivity index (χ4v) is 6.95. The summed E-state index contributed by atoms with van der Waals surface area (Å²) in [6, 6.07) is 0. The Balaban J connectivity index is 4.80. The number of carbonyl (C=O) groups excluding carboxylic acids is 1. The molecule has 0 saturated carbocycles. The van der Waals surface area contributed by atoms with Crippen LogP contribution in [0.25, 0.3) is 0 Å². The predicted octanol–water partition coefficient (Wildman–Crippen LogP) is 3.45. The molecule has 0 aliphatic carbocycles. The normalized spacial score (nSPS) is 15.8. The molecule has 2 N–H and O–H groups in total. The smallest absolute Gasteiger partial charge is 0.226 e. The van der Waals surface area contributed by atoms with Crippen LogP contribution >= 0.6 is 14.5 Å². The SMILES string of the molecule is CC(=C=CCC(=O)NC(P(C)(C)=O)P(C)(=O)O)CC(C)C. The molecule has 0 aliphatic heterocycles. The molecule has 1 amide bonds. The van der Waals surface area contributed by atoms with Crippen LogP contribution in [0.15, 0.2) is 17.4 Å². The monoisotopic (exact) mass is 335 g/mol. The van der Waals surface area contributed by atoms with E-state index in [2.05, 4.69) is 24.9 Å². The van der Waals surface area contributed by atoms with Crippen LogP contribution in [0.3, 0.4) is 0 Å². The van der Waals surface area contributed by atoms with E-state index in [1.165, 1.54) is 13.3 Å². The fraction of sp³-hybridized carbons (Fsp3) is 0.714. The number of hydrogen-bond donors (Lipinski definition) is 2. The molecule has 21 heavy (non-hydrogen) atoms. The highest BCUT2D eigenvalue weighted by Crippen LogP contribution is 2.59. The number of amides is 1. The van der Waals surface area contributed by atoms with E-state index in [9.17, 15) is 18.8 Å². The van der Waals surface area contributed by atoms with Crippen molar-refractivity contribution in [2.24, 2.45) is 5.92 Å². The average molecular weight is 335 g/mol. The second kappa shape index (κ2) is 8.15. The molecular weight excluding hydrogens is 308 g/mol.